The number of fused-ring (bicyclic) bond motifs is 5. The van der Waals surface area contributed by atoms with Gasteiger partial charge in [-0.05, 0) is 79.4 Å². The molecule has 4 saturated carbocycles. The van der Waals surface area contributed by atoms with Gasteiger partial charge in [0.1, 0.15) is 0 Å². The predicted octanol–water partition coefficient (Wildman–Crippen LogP) is 4.13. The minimum atomic E-state index is -0.232. The van der Waals surface area contributed by atoms with E-state index in [2.05, 4.69) is 13.8 Å². The quantitative estimate of drug-likeness (QED) is 0.724. The van der Waals surface area contributed by atoms with Crippen LogP contribution in [-0.2, 0) is 9.47 Å². The molecule has 136 valence electrons. The van der Waals surface area contributed by atoms with Gasteiger partial charge in [-0.15, -0.1) is 0 Å². The number of aliphatic hydroxyl groups excluding tert-OH is 1. The summed E-state index contributed by atoms with van der Waals surface area (Å²) in [6.07, 6.45) is 11.0. The van der Waals surface area contributed by atoms with Crippen LogP contribution in [0.15, 0.2) is 0 Å². The smallest absolute Gasteiger partial charge is 0.168 e. The normalized spacial score (nSPS) is 55.9. The summed E-state index contributed by atoms with van der Waals surface area (Å²) < 4.78 is 12.1. The van der Waals surface area contributed by atoms with Gasteiger partial charge in [-0.2, -0.15) is 0 Å². The second-order valence-electron chi connectivity index (χ2n) is 10.1. The van der Waals surface area contributed by atoms with E-state index in [-0.39, 0.29) is 17.3 Å². The molecule has 0 aromatic heterocycles. The Labute approximate surface area is 146 Å². The second-order valence-corrected chi connectivity index (χ2v) is 10.1. The van der Waals surface area contributed by atoms with Gasteiger partial charge in [-0.25, -0.2) is 0 Å². The fourth-order valence-electron chi connectivity index (χ4n) is 7.93. The highest BCUT2D eigenvalue weighted by atomic mass is 16.7. The van der Waals surface area contributed by atoms with Gasteiger partial charge in [-0.1, -0.05) is 13.8 Å². The fourth-order valence-corrected chi connectivity index (χ4v) is 7.93. The van der Waals surface area contributed by atoms with E-state index in [1.165, 1.54) is 38.5 Å². The monoisotopic (exact) mass is 334 g/mol. The van der Waals surface area contributed by atoms with Crippen molar-refractivity contribution in [1.82, 2.24) is 0 Å². The van der Waals surface area contributed by atoms with Crippen LogP contribution in [0.4, 0.5) is 0 Å². The largest absolute Gasteiger partial charge is 0.393 e. The Morgan fingerprint density at radius 1 is 0.792 bits per heavy atom. The maximum atomic E-state index is 10.6. The molecule has 1 heterocycles. The zero-order valence-corrected chi connectivity index (χ0v) is 15.4. The highest BCUT2D eigenvalue weighted by Crippen LogP contribution is 2.67. The van der Waals surface area contributed by atoms with E-state index in [9.17, 15) is 5.11 Å². The molecule has 3 nitrogen and oxygen atoms in total. The van der Waals surface area contributed by atoms with Crippen LogP contribution in [0.1, 0.15) is 71.6 Å². The highest BCUT2D eigenvalue weighted by molar-refractivity contribution is 5.10. The molecule has 1 aliphatic heterocycles. The van der Waals surface area contributed by atoms with Gasteiger partial charge in [0.05, 0.1) is 19.3 Å². The summed E-state index contributed by atoms with van der Waals surface area (Å²) in [6.45, 7) is 6.54. The molecule has 5 aliphatic rings. The van der Waals surface area contributed by atoms with E-state index in [0.29, 0.717) is 5.41 Å². The standard InChI is InChI=1S/C21H34O3/c1-19-9-10-21(23-11-12-24-21)13-14(19)3-4-15-16-5-6-18(22)20(16,2)8-7-17(15)19/h14-18,22H,3-13H2,1-2H3/t14-,15?,16?,17?,18+,19+,20+/m1/s1. The van der Waals surface area contributed by atoms with Crippen molar-refractivity contribution < 1.29 is 14.6 Å². The van der Waals surface area contributed by atoms with Crippen molar-refractivity contribution in [1.29, 1.82) is 0 Å². The first-order chi connectivity index (χ1) is 11.5. The maximum Gasteiger partial charge on any atom is 0.168 e. The van der Waals surface area contributed by atoms with Gasteiger partial charge in [0.25, 0.3) is 0 Å². The first kappa shape index (κ1) is 16.1. The third-order valence-corrected chi connectivity index (χ3v) is 9.43. The highest BCUT2D eigenvalue weighted by Gasteiger charge is 2.61. The SMILES string of the molecule is C[C@]12CCC3C(CC[C@@H]4CC5(CC[C@]34C)OCCO5)C1CC[C@@H]2O. The lowest BCUT2D eigenvalue weighted by Crippen LogP contribution is -2.56. The molecular formula is C21H34O3. The van der Waals surface area contributed by atoms with E-state index in [1.54, 1.807) is 0 Å². The molecular weight excluding hydrogens is 300 g/mol. The number of ether oxygens (including phenoxy) is 2. The third kappa shape index (κ3) is 2.01. The van der Waals surface area contributed by atoms with Crippen molar-refractivity contribution in [2.75, 3.05) is 13.2 Å². The summed E-state index contributed by atoms with van der Waals surface area (Å²) >= 11 is 0. The van der Waals surface area contributed by atoms with Crippen molar-refractivity contribution in [3.63, 3.8) is 0 Å². The second kappa shape index (κ2) is 5.20. The van der Waals surface area contributed by atoms with Crippen LogP contribution >= 0.6 is 0 Å². The summed E-state index contributed by atoms with van der Waals surface area (Å²) in [5, 5.41) is 10.6. The Morgan fingerprint density at radius 3 is 2.33 bits per heavy atom. The first-order valence-electron chi connectivity index (χ1n) is 10.4. The van der Waals surface area contributed by atoms with Gasteiger partial charge in [0.2, 0.25) is 0 Å². The Balaban J connectivity index is 1.41. The zero-order valence-electron chi connectivity index (χ0n) is 15.4. The minimum Gasteiger partial charge on any atom is -0.393 e. The van der Waals surface area contributed by atoms with Crippen molar-refractivity contribution in [3.8, 4) is 0 Å². The Kier molecular flexibility index (Phi) is 3.49. The number of hydrogen-bond donors (Lipinski definition) is 1. The van der Waals surface area contributed by atoms with Crippen molar-refractivity contribution in [2.24, 2.45) is 34.5 Å². The van der Waals surface area contributed by atoms with Gasteiger partial charge in [0, 0.05) is 12.8 Å². The van der Waals surface area contributed by atoms with Crippen molar-refractivity contribution in [3.05, 3.63) is 0 Å². The van der Waals surface area contributed by atoms with Crippen molar-refractivity contribution in [2.45, 2.75) is 83.5 Å². The topological polar surface area (TPSA) is 38.7 Å². The van der Waals surface area contributed by atoms with Crippen LogP contribution < -0.4 is 0 Å². The number of aliphatic hydroxyl groups is 1. The molecule has 24 heavy (non-hydrogen) atoms. The van der Waals surface area contributed by atoms with Crippen LogP contribution in [0.25, 0.3) is 0 Å². The first-order valence-corrected chi connectivity index (χ1v) is 10.4. The van der Waals surface area contributed by atoms with E-state index < -0.39 is 0 Å². The maximum absolute atomic E-state index is 10.6. The molecule has 1 saturated heterocycles. The Morgan fingerprint density at radius 2 is 1.54 bits per heavy atom. The van der Waals surface area contributed by atoms with Crippen LogP contribution in [0, 0.1) is 34.5 Å². The fraction of sp³-hybridized carbons (Fsp3) is 1.00. The molecule has 5 fully saturated rings. The molecule has 0 amide bonds. The van der Waals surface area contributed by atoms with Gasteiger partial charge < -0.3 is 14.6 Å². The van der Waals surface area contributed by atoms with E-state index in [1.807, 2.05) is 0 Å². The third-order valence-electron chi connectivity index (χ3n) is 9.43. The summed E-state index contributed by atoms with van der Waals surface area (Å²) in [5.41, 5.74) is 0.677. The molecule has 7 atom stereocenters. The summed E-state index contributed by atoms with van der Waals surface area (Å²) in [7, 11) is 0. The molecule has 3 heteroatoms. The van der Waals surface area contributed by atoms with Gasteiger partial charge in [-0.3, -0.25) is 0 Å². The Bertz CT molecular complexity index is 513. The molecule has 1 N–H and O–H groups in total. The lowest BCUT2D eigenvalue weighted by atomic mass is 9.45. The van der Waals surface area contributed by atoms with Crippen LogP contribution in [0.3, 0.4) is 0 Å². The molecule has 1 spiro atoms. The molecule has 0 bridgehead atoms. The summed E-state index contributed by atoms with van der Waals surface area (Å²) in [5.74, 6) is 3.00. The summed E-state index contributed by atoms with van der Waals surface area (Å²) in [6, 6.07) is 0. The molecule has 0 aromatic carbocycles. The van der Waals surface area contributed by atoms with E-state index >= 15 is 0 Å². The van der Waals surface area contributed by atoms with Crippen LogP contribution in [0.5, 0.6) is 0 Å². The minimum absolute atomic E-state index is 0.0520. The van der Waals surface area contributed by atoms with E-state index in [4.69, 9.17) is 9.47 Å². The van der Waals surface area contributed by atoms with Crippen molar-refractivity contribution >= 4 is 0 Å². The molecule has 0 aromatic rings. The molecule has 0 radical (unpaired) electrons. The molecule has 5 rings (SSSR count). The van der Waals surface area contributed by atoms with Gasteiger partial charge in [0.15, 0.2) is 5.79 Å². The van der Waals surface area contributed by atoms with Crippen LogP contribution in [-0.4, -0.2) is 30.2 Å². The van der Waals surface area contributed by atoms with Gasteiger partial charge >= 0.3 is 0 Å². The average molecular weight is 334 g/mol. The lowest BCUT2D eigenvalue weighted by molar-refractivity contribution is -0.230. The lowest BCUT2D eigenvalue weighted by Gasteiger charge is -2.61. The average Bonchev–Trinajstić information content (AvgIpc) is 3.14. The molecule has 4 aliphatic carbocycles. The Hall–Kier alpha value is -0.120. The molecule has 3 unspecified atom stereocenters. The van der Waals surface area contributed by atoms with Crippen LogP contribution in [0.2, 0.25) is 0 Å². The number of hydrogen-bond acceptors (Lipinski definition) is 3. The van der Waals surface area contributed by atoms with E-state index in [0.717, 1.165) is 56.1 Å². The summed E-state index contributed by atoms with van der Waals surface area (Å²) in [4.78, 5) is 0. The predicted molar refractivity (Wildman–Crippen MR) is 92.4 cm³/mol. The zero-order chi connectivity index (χ0) is 16.6. The number of rotatable bonds is 0.